The molecule has 0 amide bonds. The van der Waals surface area contributed by atoms with E-state index in [4.69, 9.17) is 38.1 Å². The molecule has 0 atom stereocenters. The van der Waals surface area contributed by atoms with Crippen molar-refractivity contribution in [2.24, 2.45) is 0 Å². The van der Waals surface area contributed by atoms with E-state index >= 15 is 0 Å². The fourth-order valence-electron chi connectivity index (χ4n) is 7.24. The maximum Gasteiger partial charge on any atom is 0.164 e. The Morgan fingerprint density at radius 3 is 1.04 bits per heavy atom. The van der Waals surface area contributed by atoms with E-state index in [9.17, 15) is 0 Å². The summed E-state index contributed by atoms with van der Waals surface area (Å²) in [6.07, 6.45) is 3.65. The van der Waals surface area contributed by atoms with Gasteiger partial charge >= 0.3 is 0 Å². The third-order valence-corrected chi connectivity index (χ3v) is 11.7. The number of nitrogens with zero attached hydrogens (tertiary/aromatic N) is 10. The van der Waals surface area contributed by atoms with Crippen molar-refractivity contribution in [1.29, 1.82) is 0 Å². The first kappa shape index (κ1) is 55.7. The van der Waals surface area contributed by atoms with Gasteiger partial charge in [-0.25, -0.2) is 29.9 Å². The molecule has 0 bridgehead atoms. The van der Waals surface area contributed by atoms with E-state index in [2.05, 4.69) is 127 Å². The normalized spacial score (nSPS) is 12.6. The van der Waals surface area contributed by atoms with Crippen LogP contribution in [0, 0.1) is 44.9 Å². The summed E-state index contributed by atoms with van der Waals surface area (Å²) in [6.45, 7) is 22.9. The minimum atomic E-state index is -2.27. The van der Waals surface area contributed by atoms with Crippen LogP contribution in [-0.4, -0.2) is 49.8 Å². The Balaban J connectivity index is 0.000000215. The van der Waals surface area contributed by atoms with Crippen LogP contribution in [-0.2, 0) is 61.9 Å². The molecule has 0 N–H and O–H groups in total. The summed E-state index contributed by atoms with van der Waals surface area (Å²) in [5.41, 5.74) is 9.18. The van der Waals surface area contributed by atoms with Crippen LogP contribution in [0.5, 0.6) is 0 Å². The molecule has 4 aromatic carbocycles. The molecular weight excluding hydrogens is 1350 g/mol. The van der Waals surface area contributed by atoms with Crippen LogP contribution in [0.2, 0.25) is 0 Å². The number of rotatable bonds is 6. The fraction of sp³-hybridized carbons (Fsp3) is 0.275. The van der Waals surface area contributed by atoms with Crippen molar-refractivity contribution in [3.8, 4) is 67.8 Å². The van der Waals surface area contributed by atoms with Crippen molar-refractivity contribution < 1.29 is 48.4 Å². The molecule has 0 unspecified atom stereocenters. The van der Waals surface area contributed by atoms with Gasteiger partial charge in [-0.15, -0.1) is 143 Å². The van der Waals surface area contributed by atoms with Gasteiger partial charge in [0.05, 0.1) is 0 Å². The van der Waals surface area contributed by atoms with E-state index in [1.165, 1.54) is 18.2 Å². The molecule has 2 radical (unpaired) electrons. The molecule has 81 heavy (non-hydrogen) atoms. The van der Waals surface area contributed by atoms with E-state index in [1.807, 2.05) is 135 Å². The van der Waals surface area contributed by atoms with Crippen molar-refractivity contribution in [2.75, 3.05) is 0 Å². The van der Waals surface area contributed by atoms with Gasteiger partial charge in [0, 0.05) is 105 Å². The molecule has 420 valence electrons. The predicted molar refractivity (Wildman–Crippen MR) is 321 cm³/mol. The largest absolute Gasteiger partial charge is 0.304 e. The van der Waals surface area contributed by atoms with Crippen molar-refractivity contribution >= 4 is 0 Å². The monoisotopic (exact) mass is 1430 g/mol. The Bertz CT molecular complexity index is 3550. The van der Waals surface area contributed by atoms with E-state index in [0.717, 1.165) is 73.9 Å². The van der Waals surface area contributed by atoms with Crippen LogP contribution in [0.1, 0.15) is 132 Å². The first-order chi connectivity index (χ1) is 39.8. The maximum atomic E-state index is 7.33. The zero-order chi connectivity index (χ0) is 62.0. The van der Waals surface area contributed by atoms with Gasteiger partial charge in [0.2, 0.25) is 0 Å². The van der Waals surface area contributed by atoms with Gasteiger partial charge in [0.25, 0.3) is 0 Å². The van der Waals surface area contributed by atoms with Crippen LogP contribution < -0.4 is 0 Å². The van der Waals surface area contributed by atoms with E-state index in [0.29, 0.717) is 22.9 Å². The van der Waals surface area contributed by atoms with Crippen LogP contribution in [0.25, 0.3) is 67.8 Å². The van der Waals surface area contributed by atoms with Crippen molar-refractivity contribution in [2.45, 2.75) is 125 Å². The quantitative estimate of drug-likeness (QED) is 0.148. The molecule has 0 aliphatic heterocycles. The Morgan fingerprint density at radius 2 is 0.728 bits per heavy atom. The average Bonchev–Trinajstić information content (AvgIpc) is 1.62. The molecular formula is C69H72Ir2N10-4. The number of aromatic nitrogens is 10. The summed E-state index contributed by atoms with van der Waals surface area (Å²) in [6, 6.07) is 59.0. The van der Waals surface area contributed by atoms with Gasteiger partial charge in [0.15, 0.2) is 11.6 Å². The Hall–Kier alpha value is -7.20. The van der Waals surface area contributed by atoms with Gasteiger partial charge < -0.3 is 19.9 Å². The molecule has 10 aromatic rings. The number of aryl methyl sites for hydroxylation is 3. The second kappa shape index (κ2) is 28.5. The third-order valence-electron chi connectivity index (χ3n) is 11.7. The molecule has 0 aliphatic rings. The SMILES string of the molecule is CC(C)(C)c1nc(-c2ccc(-c3[c-]cccc3)nc2)nc(C(C)(C)C)n1.CC(C)(C)c1nc(-c2ccc(-c3[c-]cccc3)nc2)nc(C(C)(C)C)n1.Cc1cccc(-c2[c-]cccc2)n1.[2H]C([2H])([2H])c1c[c-]c(-c2cccc(C([2H])([2H])[2H])n2)cc1.[Ir].[Ir]. The summed E-state index contributed by atoms with van der Waals surface area (Å²) in [4.78, 5) is 46.0. The predicted octanol–water partition coefficient (Wildman–Crippen LogP) is 16.0. The molecule has 10 rings (SSSR count). The summed E-state index contributed by atoms with van der Waals surface area (Å²) >= 11 is 0. The maximum absolute atomic E-state index is 7.33. The average molecular weight is 1430 g/mol. The second-order valence-electron chi connectivity index (χ2n) is 22.9. The molecule has 10 nitrogen and oxygen atoms in total. The summed E-state index contributed by atoms with van der Waals surface area (Å²) in [5, 5.41) is 0. The molecule has 0 spiro atoms. The van der Waals surface area contributed by atoms with Crippen molar-refractivity contribution in [3.05, 3.63) is 229 Å². The molecule has 0 fully saturated rings. The van der Waals surface area contributed by atoms with Gasteiger partial charge in [-0.05, 0) is 48.7 Å². The zero-order valence-electron chi connectivity index (χ0n) is 54.2. The molecule has 0 aliphatic carbocycles. The van der Waals surface area contributed by atoms with Gasteiger partial charge in [-0.2, -0.15) is 0 Å². The van der Waals surface area contributed by atoms with Crippen LogP contribution in [0.15, 0.2) is 164 Å². The van der Waals surface area contributed by atoms with Crippen LogP contribution in [0.3, 0.4) is 0 Å². The van der Waals surface area contributed by atoms with Crippen LogP contribution >= 0.6 is 0 Å². The minimum Gasteiger partial charge on any atom is -0.304 e. The summed E-state index contributed by atoms with van der Waals surface area (Å²) in [7, 11) is 0. The first-order valence-electron chi connectivity index (χ1n) is 29.1. The minimum absolute atomic E-state index is 0. The van der Waals surface area contributed by atoms with Crippen molar-refractivity contribution in [3.63, 3.8) is 0 Å². The number of hydrogen-bond donors (Lipinski definition) is 0. The molecule has 6 aromatic heterocycles. The van der Waals surface area contributed by atoms with Crippen molar-refractivity contribution in [1.82, 2.24) is 49.8 Å². The Morgan fingerprint density at radius 1 is 0.346 bits per heavy atom. The smallest absolute Gasteiger partial charge is 0.164 e. The molecule has 12 heteroatoms. The third kappa shape index (κ3) is 18.9. The Labute approximate surface area is 516 Å². The van der Waals surface area contributed by atoms with Gasteiger partial charge in [0.1, 0.15) is 23.3 Å². The second-order valence-corrected chi connectivity index (χ2v) is 22.9. The first-order valence-corrected chi connectivity index (χ1v) is 26.1. The van der Waals surface area contributed by atoms with Crippen LogP contribution in [0.4, 0.5) is 0 Å². The number of benzene rings is 4. The summed E-state index contributed by atoms with van der Waals surface area (Å²) < 4.78 is 43.9. The summed E-state index contributed by atoms with van der Waals surface area (Å²) in [5.74, 6) is 4.54. The molecule has 0 saturated carbocycles. The standard InChI is InChI=1S/2C22H25N4.C13H12N.C12H10N.2Ir/c2*1-21(2,3)19-24-18(25-20(26-19)22(4,5)6)16-12-13-17(23-14-16)15-10-8-7-9-11-15;1-10-6-8-12(9-7-10)13-5-3-4-11(2)14-13;1-10-6-5-9-12(13-10)11-7-3-2-4-8-11;;/h2*7-10,12-14H,1-6H3;3-8H,1-2H3;2-7,9H,1H3;;/q4*-1;;/i;;1D3,2D3;;;. The number of hydrogen-bond acceptors (Lipinski definition) is 10. The molecule has 6 heterocycles. The zero-order valence-corrected chi connectivity index (χ0v) is 53.0. The molecule has 0 saturated heterocycles. The van der Waals surface area contributed by atoms with E-state index < -0.39 is 13.7 Å². The van der Waals surface area contributed by atoms with Gasteiger partial charge in [-0.1, -0.05) is 138 Å². The van der Waals surface area contributed by atoms with Gasteiger partial charge in [-0.3, -0.25) is 0 Å². The fourth-order valence-corrected chi connectivity index (χ4v) is 7.24. The topological polar surface area (TPSA) is 129 Å². The van der Waals surface area contributed by atoms with E-state index in [1.54, 1.807) is 18.2 Å². The number of pyridine rings is 4. The van der Waals surface area contributed by atoms with E-state index in [-0.39, 0.29) is 73.1 Å². The Kier molecular flexibility index (Phi) is 19.6.